The maximum absolute atomic E-state index is 12.6. The molecule has 0 spiro atoms. The molecule has 1 aliphatic heterocycles. The van der Waals surface area contributed by atoms with Gasteiger partial charge in [0.15, 0.2) is 23.9 Å². The minimum absolute atomic E-state index is 0.0485. The number of methoxy groups -OCH3 is 1. The molecule has 0 bridgehead atoms. The Morgan fingerprint density at radius 2 is 1.77 bits per heavy atom. The molecule has 7 heteroatoms. The molecular weight excluding hydrogens is 396 g/mol. The van der Waals surface area contributed by atoms with Gasteiger partial charge in [-0.3, -0.25) is 14.4 Å². The van der Waals surface area contributed by atoms with Crippen LogP contribution in [-0.4, -0.2) is 49.3 Å². The number of benzene rings is 2. The second-order valence-electron chi connectivity index (χ2n) is 7.33. The molecule has 0 saturated carbocycles. The third-order valence-electron chi connectivity index (χ3n) is 5.21. The maximum atomic E-state index is 12.6. The average Bonchev–Trinajstić information content (AvgIpc) is 2.81. The average molecular weight is 422 g/mol. The number of carbonyl (C=O) groups excluding carboxylic acids is 3. The number of primary amides is 1. The molecule has 162 valence electrons. The summed E-state index contributed by atoms with van der Waals surface area (Å²) in [5.41, 5.74) is 6.57. The third kappa shape index (κ3) is 5.94. The molecule has 0 radical (unpaired) electrons. The number of nitrogens with two attached hydrogens (primary N) is 1. The van der Waals surface area contributed by atoms with Crippen molar-refractivity contribution in [1.82, 2.24) is 4.90 Å². The number of nitrogens with zero attached hydrogens (tertiary/aromatic N) is 1. The second-order valence-corrected chi connectivity index (χ2v) is 7.33. The van der Waals surface area contributed by atoms with Crippen LogP contribution in [0, 0.1) is 5.92 Å². The minimum atomic E-state index is -0.578. The summed E-state index contributed by atoms with van der Waals surface area (Å²) in [6.45, 7) is 0.859. The lowest BCUT2D eigenvalue weighted by Gasteiger charge is -2.30. The molecule has 2 aromatic carbocycles. The van der Waals surface area contributed by atoms with Gasteiger partial charge in [0, 0.05) is 30.6 Å². The van der Waals surface area contributed by atoms with Gasteiger partial charge >= 0.3 is 0 Å². The van der Waals surface area contributed by atoms with Crippen LogP contribution in [0.5, 0.6) is 11.5 Å². The summed E-state index contributed by atoms with van der Waals surface area (Å²) >= 11 is 0. The van der Waals surface area contributed by atoms with Gasteiger partial charge in [-0.25, -0.2) is 0 Å². The summed E-state index contributed by atoms with van der Waals surface area (Å²) in [4.78, 5) is 37.8. The van der Waals surface area contributed by atoms with Gasteiger partial charge in [0.25, 0.3) is 5.91 Å². The largest absolute Gasteiger partial charge is 0.493 e. The predicted molar refractivity (Wildman–Crippen MR) is 117 cm³/mol. The van der Waals surface area contributed by atoms with E-state index < -0.39 is 5.91 Å². The number of piperidine rings is 1. The van der Waals surface area contributed by atoms with Crippen molar-refractivity contribution in [2.75, 3.05) is 26.8 Å². The molecule has 31 heavy (non-hydrogen) atoms. The van der Waals surface area contributed by atoms with Gasteiger partial charge in [-0.2, -0.15) is 0 Å². The molecule has 0 aliphatic carbocycles. The molecule has 1 saturated heterocycles. The highest BCUT2D eigenvalue weighted by Crippen LogP contribution is 2.28. The van der Waals surface area contributed by atoms with Crippen LogP contribution < -0.4 is 15.2 Å². The highest BCUT2D eigenvalue weighted by molar-refractivity contribution is 5.98. The van der Waals surface area contributed by atoms with Gasteiger partial charge in [-0.15, -0.1) is 0 Å². The number of amides is 2. The van der Waals surface area contributed by atoms with E-state index in [9.17, 15) is 14.4 Å². The topological polar surface area (TPSA) is 98.9 Å². The number of likely N-dealkylation sites (tertiary alicyclic amines) is 1. The number of ketones is 1. The van der Waals surface area contributed by atoms with Crippen molar-refractivity contribution >= 4 is 23.7 Å². The molecular formula is C24H26N2O5. The normalized spacial score (nSPS) is 14.4. The minimum Gasteiger partial charge on any atom is -0.493 e. The fraction of sp³-hybridized carbons (Fsp3) is 0.292. The van der Waals surface area contributed by atoms with Crippen LogP contribution in [0.25, 0.3) is 6.08 Å². The quantitative estimate of drug-likeness (QED) is 0.521. The molecule has 0 aromatic heterocycles. The van der Waals surface area contributed by atoms with Crippen molar-refractivity contribution in [2.24, 2.45) is 11.7 Å². The van der Waals surface area contributed by atoms with Crippen molar-refractivity contribution in [2.45, 2.75) is 12.8 Å². The van der Waals surface area contributed by atoms with Crippen LogP contribution in [0.3, 0.4) is 0 Å². The molecule has 2 aromatic rings. The van der Waals surface area contributed by atoms with Crippen LogP contribution >= 0.6 is 0 Å². The third-order valence-corrected chi connectivity index (χ3v) is 5.21. The van der Waals surface area contributed by atoms with Crippen LogP contribution in [0.1, 0.15) is 28.8 Å². The first-order valence-corrected chi connectivity index (χ1v) is 10.1. The van der Waals surface area contributed by atoms with Gasteiger partial charge in [-0.1, -0.05) is 36.4 Å². The first-order valence-electron chi connectivity index (χ1n) is 10.1. The molecule has 2 N–H and O–H groups in total. The Balaban J connectivity index is 1.56. The SMILES string of the molecule is COc1cc(/C=C/C(=O)N2CCC(C(=O)c3ccccc3)CC2)ccc1OCC(N)=O. The Morgan fingerprint density at radius 1 is 1.06 bits per heavy atom. The molecule has 2 amide bonds. The van der Waals surface area contributed by atoms with Crippen molar-refractivity contribution in [3.63, 3.8) is 0 Å². The van der Waals surface area contributed by atoms with Crippen molar-refractivity contribution < 1.29 is 23.9 Å². The van der Waals surface area contributed by atoms with Gasteiger partial charge in [-0.05, 0) is 36.6 Å². The molecule has 3 rings (SSSR count). The van der Waals surface area contributed by atoms with E-state index in [4.69, 9.17) is 15.2 Å². The number of hydrogen-bond acceptors (Lipinski definition) is 5. The van der Waals surface area contributed by atoms with Crippen LogP contribution in [0.15, 0.2) is 54.6 Å². The second kappa shape index (κ2) is 10.4. The number of rotatable bonds is 8. The summed E-state index contributed by atoms with van der Waals surface area (Å²) in [6, 6.07) is 14.4. The summed E-state index contributed by atoms with van der Waals surface area (Å²) in [5.74, 6) is 0.261. The number of Topliss-reactive ketones (excluding diaryl/α,β-unsaturated/α-hetero) is 1. The zero-order valence-corrected chi connectivity index (χ0v) is 17.5. The molecule has 7 nitrogen and oxygen atoms in total. The fourth-order valence-corrected chi connectivity index (χ4v) is 3.53. The summed E-state index contributed by atoms with van der Waals surface area (Å²) in [7, 11) is 1.49. The smallest absolute Gasteiger partial charge is 0.255 e. The first-order chi connectivity index (χ1) is 15.0. The molecule has 1 aliphatic rings. The van der Waals surface area contributed by atoms with E-state index in [1.807, 2.05) is 30.3 Å². The van der Waals surface area contributed by atoms with Gasteiger partial charge in [0.05, 0.1) is 7.11 Å². The van der Waals surface area contributed by atoms with E-state index in [0.717, 1.165) is 11.1 Å². The van der Waals surface area contributed by atoms with E-state index >= 15 is 0 Å². The lowest BCUT2D eigenvalue weighted by Crippen LogP contribution is -2.39. The Kier molecular flexibility index (Phi) is 7.43. The Hall–Kier alpha value is -3.61. The Bertz CT molecular complexity index is 963. The summed E-state index contributed by atoms with van der Waals surface area (Å²) in [6.07, 6.45) is 4.53. The van der Waals surface area contributed by atoms with Crippen LogP contribution in [0.2, 0.25) is 0 Å². The standard InChI is InChI=1S/C24H26N2O5/c1-30-21-15-17(7-9-20(21)31-16-22(25)27)8-10-23(28)26-13-11-19(12-14-26)24(29)18-5-3-2-4-6-18/h2-10,15,19H,11-14,16H2,1H3,(H2,25,27)/b10-8+. The number of carbonyl (C=O) groups is 3. The van der Waals surface area contributed by atoms with Crippen LogP contribution in [-0.2, 0) is 9.59 Å². The molecule has 0 unspecified atom stereocenters. The highest BCUT2D eigenvalue weighted by Gasteiger charge is 2.27. The molecule has 0 atom stereocenters. The maximum Gasteiger partial charge on any atom is 0.255 e. The first kappa shape index (κ1) is 22.1. The van der Waals surface area contributed by atoms with Crippen molar-refractivity contribution in [1.29, 1.82) is 0 Å². The monoisotopic (exact) mass is 422 g/mol. The van der Waals surface area contributed by atoms with Crippen molar-refractivity contribution in [3.05, 3.63) is 65.7 Å². The van der Waals surface area contributed by atoms with Gasteiger partial charge in [0.1, 0.15) is 0 Å². The zero-order chi connectivity index (χ0) is 22.2. The lowest BCUT2D eigenvalue weighted by molar-refractivity contribution is -0.127. The van der Waals surface area contributed by atoms with E-state index in [-0.39, 0.29) is 24.2 Å². The number of ether oxygens (including phenoxy) is 2. The number of hydrogen-bond donors (Lipinski definition) is 1. The van der Waals surface area contributed by atoms with Gasteiger partial charge < -0.3 is 20.1 Å². The highest BCUT2D eigenvalue weighted by atomic mass is 16.5. The molecule has 1 fully saturated rings. The van der Waals surface area contributed by atoms with Gasteiger partial charge in [0.2, 0.25) is 5.91 Å². The fourth-order valence-electron chi connectivity index (χ4n) is 3.53. The van der Waals surface area contributed by atoms with E-state index in [0.29, 0.717) is 37.4 Å². The van der Waals surface area contributed by atoms with Crippen molar-refractivity contribution in [3.8, 4) is 11.5 Å². The lowest BCUT2D eigenvalue weighted by atomic mass is 9.89. The predicted octanol–water partition coefficient (Wildman–Crippen LogP) is 2.69. The van der Waals surface area contributed by atoms with E-state index in [2.05, 4.69) is 0 Å². The molecule has 1 heterocycles. The zero-order valence-electron chi connectivity index (χ0n) is 17.5. The van der Waals surface area contributed by atoms with Crippen LogP contribution in [0.4, 0.5) is 0 Å². The Morgan fingerprint density at radius 3 is 2.42 bits per heavy atom. The van der Waals surface area contributed by atoms with E-state index in [1.165, 1.54) is 13.2 Å². The summed E-state index contributed by atoms with van der Waals surface area (Å²) < 4.78 is 10.6. The van der Waals surface area contributed by atoms with E-state index in [1.54, 1.807) is 29.2 Å². The summed E-state index contributed by atoms with van der Waals surface area (Å²) in [5, 5.41) is 0. The Labute approximate surface area is 181 Å².